The predicted molar refractivity (Wildman–Crippen MR) is 61.9 cm³/mol. The first-order valence-corrected chi connectivity index (χ1v) is 4.99. The van der Waals surface area contributed by atoms with Crippen LogP contribution in [-0.4, -0.2) is 15.3 Å². The van der Waals surface area contributed by atoms with Crippen LogP contribution in [0.4, 0.5) is 0 Å². The number of allylic oxidation sites excluding steroid dienone is 6. The van der Waals surface area contributed by atoms with Crippen LogP contribution in [0.2, 0.25) is 0 Å². The Hall–Kier alpha value is -1.64. The van der Waals surface area contributed by atoms with E-state index in [-0.39, 0.29) is 0 Å². The summed E-state index contributed by atoms with van der Waals surface area (Å²) in [6.45, 7) is 2.14. The van der Waals surface area contributed by atoms with Crippen molar-refractivity contribution >= 4 is 0 Å². The second-order valence-corrected chi connectivity index (χ2v) is 3.02. The van der Waals surface area contributed by atoms with Crippen molar-refractivity contribution in [3.05, 3.63) is 48.2 Å². The van der Waals surface area contributed by atoms with Gasteiger partial charge in [0.05, 0.1) is 0 Å². The van der Waals surface area contributed by atoms with Crippen molar-refractivity contribution in [2.75, 3.05) is 0 Å². The molecule has 0 saturated carbocycles. The van der Waals surface area contributed by atoms with Gasteiger partial charge in [0.1, 0.15) is 0 Å². The molecule has 0 aliphatic heterocycles. The van der Waals surface area contributed by atoms with Crippen molar-refractivity contribution in [2.45, 2.75) is 26.2 Å². The molecule has 0 spiro atoms. The Morgan fingerprint density at radius 3 is 2.27 bits per heavy atom. The number of rotatable bonds is 6. The van der Waals surface area contributed by atoms with Crippen molar-refractivity contribution in [2.24, 2.45) is 0 Å². The van der Waals surface area contributed by atoms with E-state index in [0.717, 1.165) is 6.42 Å². The Morgan fingerprint density at radius 1 is 1.00 bits per heavy atom. The summed E-state index contributed by atoms with van der Waals surface area (Å²) in [6.07, 6.45) is 13.6. The second kappa shape index (κ2) is 8.94. The molecule has 0 fully saturated rings. The lowest BCUT2D eigenvalue weighted by Gasteiger charge is -1.88. The molecule has 3 N–H and O–H groups in total. The quantitative estimate of drug-likeness (QED) is 0.356. The van der Waals surface area contributed by atoms with Gasteiger partial charge in [0.2, 0.25) is 0 Å². The number of unbranched alkanes of at least 4 members (excludes halogenated alkanes) is 2. The first-order valence-electron chi connectivity index (χ1n) is 4.99. The Balaban J connectivity index is 3.81. The van der Waals surface area contributed by atoms with E-state index >= 15 is 0 Å². The van der Waals surface area contributed by atoms with Crippen LogP contribution in [0.3, 0.4) is 0 Å². The third kappa shape index (κ3) is 8.68. The molecule has 0 atom stereocenters. The maximum atomic E-state index is 8.84. The average Bonchev–Trinajstić information content (AvgIpc) is 2.21. The lowest BCUT2D eigenvalue weighted by atomic mass is 10.2. The second-order valence-electron chi connectivity index (χ2n) is 3.02. The third-order valence-electron chi connectivity index (χ3n) is 1.68. The van der Waals surface area contributed by atoms with Gasteiger partial charge >= 0.3 is 5.95 Å². The minimum atomic E-state index is -1.07. The minimum Gasteiger partial charge on any atom is -0.502 e. The van der Waals surface area contributed by atoms with Crippen molar-refractivity contribution in [1.82, 2.24) is 0 Å². The summed E-state index contributed by atoms with van der Waals surface area (Å²) in [4.78, 5) is 0. The predicted octanol–water partition coefficient (Wildman–Crippen LogP) is 3.69. The lowest BCUT2D eigenvalue weighted by Crippen LogP contribution is -1.83. The van der Waals surface area contributed by atoms with Crippen LogP contribution in [0.25, 0.3) is 0 Å². The molecule has 3 nitrogen and oxygen atoms in total. The van der Waals surface area contributed by atoms with Gasteiger partial charge in [0.15, 0.2) is 5.76 Å². The highest BCUT2D eigenvalue weighted by molar-refractivity contribution is 5.18. The van der Waals surface area contributed by atoms with Gasteiger partial charge in [-0.1, -0.05) is 50.1 Å². The van der Waals surface area contributed by atoms with Gasteiger partial charge in [-0.15, -0.1) is 0 Å². The van der Waals surface area contributed by atoms with Gasteiger partial charge in [-0.3, -0.25) is 0 Å². The first kappa shape index (κ1) is 13.4. The van der Waals surface area contributed by atoms with E-state index in [1.807, 2.05) is 12.2 Å². The van der Waals surface area contributed by atoms with E-state index in [9.17, 15) is 0 Å². The van der Waals surface area contributed by atoms with E-state index < -0.39 is 11.7 Å². The van der Waals surface area contributed by atoms with Gasteiger partial charge in [-0.25, -0.2) is 0 Å². The molecular weight excluding hydrogens is 192 g/mol. The van der Waals surface area contributed by atoms with E-state index in [1.54, 1.807) is 6.08 Å². The van der Waals surface area contributed by atoms with Crippen LogP contribution >= 0.6 is 0 Å². The molecular formula is C12H18O3. The number of hydrogen-bond donors (Lipinski definition) is 3. The molecule has 0 aromatic rings. The maximum absolute atomic E-state index is 8.84. The first-order chi connectivity index (χ1) is 7.18. The Kier molecular flexibility index (Phi) is 7.96. The summed E-state index contributed by atoms with van der Waals surface area (Å²) in [5, 5.41) is 25.7. The number of aliphatic hydroxyl groups is 3. The van der Waals surface area contributed by atoms with Gasteiger partial charge in [0.25, 0.3) is 0 Å². The fourth-order valence-corrected chi connectivity index (χ4v) is 0.846. The van der Waals surface area contributed by atoms with Crippen LogP contribution in [0.1, 0.15) is 26.2 Å². The highest BCUT2D eigenvalue weighted by atomic mass is 16.5. The molecule has 0 aliphatic rings. The zero-order valence-corrected chi connectivity index (χ0v) is 8.93. The summed E-state index contributed by atoms with van der Waals surface area (Å²) in [5.41, 5.74) is 0. The molecule has 0 saturated heterocycles. The summed E-state index contributed by atoms with van der Waals surface area (Å²) in [6, 6.07) is 0. The molecule has 0 rings (SSSR count). The van der Waals surface area contributed by atoms with Crippen molar-refractivity contribution in [3.8, 4) is 0 Å². The molecule has 3 heteroatoms. The topological polar surface area (TPSA) is 60.7 Å². The fourth-order valence-electron chi connectivity index (χ4n) is 0.846. The van der Waals surface area contributed by atoms with Crippen molar-refractivity contribution in [3.63, 3.8) is 0 Å². The zero-order valence-electron chi connectivity index (χ0n) is 8.93. The summed E-state index contributed by atoms with van der Waals surface area (Å²) in [7, 11) is 0. The standard InChI is InChI=1S/C12H18O3/c1-2-3-4-5-6-7-8-9-10-11(13)12(14)15/h5-10,13-15H,2-4H2,1H3. The van der Waals surface area contributed by atoms with E-state index in [1.165, 1.54) is 25.0 Å². The lowest BCUT2D eigenvalue weighted by molar-refractivity contribution is 0.163. The van der Waals surface area contributed by atoms with Gasteiger partial charge in [-0.2, -0.15) is 0 Å². The Morgan fingerprint density at radius 2 is 1.67 bits per heavy atom. The van der Waals surface area contributed by atoms with E-state index in [0.29, 0.717) is 0 Å². The van der Waals surface area contributed by atoms with E-state index in [4.69, 9.17) is 15.3 Å². The molecule has 0 aromatic heterocycles. The van der Waals surface area contributed by atoms with Crippen LogP contribution in [0.15, 0.2) is 48.2 Å². The molecule has 84 valence electrons. The van der Waals surface area contributed by atoms with Crippen LogP contribution in [-0.2, 0) is 0 Å². The molecule has 0 unspecified atom stereocenters. The molecule has 15 heavy (non-hydrogen) atoms. The van der Waals surface area contributed by atoms with Gasteiger partial charge in [-0.05, 0) is 12.5 Å². The minimum absolute atomic E-state index is 0.547. The SMILES string of the molecule is CCCCC=CC=CC=CC(O)=C(O)O. The van der Waals surface area contributed by atoms with Crippen molar-refractivity contribution < 1.29 is 15.3 Å². The van der Waals surface area contributed by atoms with Gasteiger partial charge in [0, 0.05) is 0 Å². The average molecular weight is 210 g/mol. The largest absolute Gasteiger partial charge is 0.502 e. The highest BCUT2D eigenvalue weighted by Crippen LogP contribution is 1.96. The van der Waals surface area contributed by atoms with Crippen molar-refractivity contribution in [1.29, 1.82) is 0 Å². The fraction of sp³-hybridized carbons (Fsp3) is 0.333. The smallest absolute Gasteiger partial charge is 0.318 e. The molecule has 0 radical (unpaired) electrons. The molecule has 0 amide bonds. The normalized spacial score (nSPS) is 11.8. The highest BCUT2D eigenvalue weighted by Gasteiger charge is 1.92. The van der Waals surface area contributed by atoms with Gasteiger partial charge < -0.3 is 15.3 Å². The maximum Gasteiger partial charge on any atom is 0.318 e. The number of aliphatic hydroxyl groups excluding tert-OH is 2. The summed E-state index contributed by atoms with van der Waals surface area (Å²) < 4.78 is 0. The number of hydrogen-bond acceptors (Lipinski definition) is 3. The van der Waals surface area contributed by atoms with Crippen LogP contribution in [0.5, 0.6) is 0 Å². The Labute approximate surface area is 90.4 Å². The van der Waals surface area contributed by atoms with Crippen LogP contribution in [0, 0.1) is 0 Å². The Bertz CT molecular complexity index is 269. The zero-order chi connectivity index (χ0) is 11.5. The molecule has 0 aliphatic carbocycles. The molecule has 0 aromatic carbocycles. The van der Waals surface area contributed by atoms with Crippen LogP contribution < -0.4 is 0 Å². The third-order valence-corrected chi connectivity index (χ3v) is 1.68. The summed E-state index contributed by atoms with van der Waals surface area (Å²) in [5.74, 6) is -1.62. The summed E-state index contributed by atoms with van der Waals surface area (Å²) >= 11 is 0. The molecule has 0 bridgehead atoms. The monoisotopic (exact) mass is 210 g/mol. The molecule has 0 heterocycles. The van der Waals surface area contributed by atoms with E-state index in [2.05, 4.69) is 13.0 Å².